The van der Waals surface area contributed by atoms with Crippen molar-refractivity contribution in [2.45, 2.75) is 77.4 Å². The first kappa shape index (κ1) is 14.0. The third-order valence-corrected chi connectivity index (χ3v) is 4.22. The lowest BCUT2D eigenvalue weighted by Crippen LogP contribution is -2.49. The fraction of sp³-hybridized carbons (Fsp3) is 1.00. The number of hydrogen-bond donors (Lipinski definition) is 1. The van der Waals surface area contributed by atoms with Crippen molar-refractivity contribution in [3.05, 3.63) is 0 Å². The minimum absolute atomic E-state index is 0.658. The monoisotopic (exact) mass is 226 g/mol. The average molecular weight is 226 g/mol. The van der Waals surface area contributed by atoms with Crippen LogP contribution in [0.2, 0.25) is 0 Å². The van der Waals surface area contributed by atoms with E-state index in [1.165, 1.54) is 38.5 Å². The maximum atomic E-state index is 3.68. The quantitative estimate of drug-likeness (QED) is 0.718. The van der Waals surface area contributed by atoms with Crippen LogP contribution in [0.15, 0.2) is 0 Å². The van der Waals surface area contributed by atoms with Crippen LogP contribution in [0.5, 0.6) is 0 Å². The third-order valence-electron chi connectivity index (χ3n) is 4.22. The molecule has 2 atom stereocenters. The SMILES string of the molecule is CCCNC(CC)C(C)N(C)C1CCCC1. The molecule has 0 heterocycles. The van der Waals surface area contributed by atoms with E-state index < -0.39 is 0 Å². The first-order valence-electron chi connectivity index (χ1n) is 7.16. The van der Waals surface area contributed by atoms with E-state index in [1.807, 2.05) is 0 Å². The molecule has 0 aromatic rings. The number of hydrogen-bond acceptors (Lipinski definition) is 2. The van der Waals surface area contributed by atoms with E-state index in [9.17, 15) is 0 Å². The summed E-state index contributed by atoms with van der Waals surface area (Å²) in [6, 6.07) is 2.16. The van der Waals surface area contributed by atoms with E-state index in [0.29, 0.717) is 12.1 Å². The van der Waals surface area contributed by atoms with Crippen molar-refractivity contribution in [3.63, 3.8) is 0 Å². The fourth-order valence-corrected chi connectivity index (χ4v) is 2.91. The highest BCUT2D eigenvalue weighted by atomic mass is 15.2. The van der Waals surface area contributed by atoms with Gasteiger partial charge in [0.25, 0.3) is 0 Å². The first-order chi connectivity index (χ1) is 7.70. The van der Waals surface area contributed by atoms with Crippen LogP contribution in [-0.4, -0.2) is 36.6 Å². The van der Waals surface area contributed by atoms with Gasteiger partial charge in [0.15, 0.2) is 0 Å². The van der Waals surface area contributed by atoms with Crippen LogP contribution in [0.1, 0.15) is 59.3 Å². The summed E-state index contributed by atoms with van der Waals surface area (Å²) in [7, 11) is 2.32. The Morgan fingerprint density at radius 1 is 1.25 bits per heavy atom. The molecule has 1 rings (SSSR count). The molecule has 0 bridgehead atoms. The maximum Gasteiger partial charge on any atom is 0.0220 e. The lowest BCUT2D eigenvalue weighted by molar-refractivity contribution is 0.149. The van der Waals surface area contributed by atoms with Crippen molar-refractivity contribution in [2.75, 3.05) is 13.6 Å². The van der Waals surface area contributed by atoms with Gasteiger partial charge in [-0.25, -0.2) is 0 Å². The zero-order valence-electron chi connectivity index (χ0n) is 11.6. The Kier molecular flexibility index (Phi) is 6.37. The topological polar surface area (TPSA) is 15.3 Å². The molecule has 0 saturated heterocycles. The predicted molar refractivity (Wildman–Crippen MR) is 71.9 cm³/mol. The van der Waals surface area contributed by atoms with Gasteiger partial charge in [-0.15, -0.1) is 0 Å². The molecule has 1 aliphatic carbocycles. The molecule has 1 saturated carbocycles. The van der Waals surface area contributed by atoms with E-state index in [-0.39, 0.29) is 0 Å². The average Bonchev–Trinajstić information content (AvgIpc) is 2.82. The number of likely N-dealkylation sites (N-methyl/N-ethyl adjacent to an activating group) is 1. The van der Waals surface area contributed by atoms with E-state index in [4.69, 9.17) is 0 Å². The van der Waals surface area contributed by atoms with Gasteiger partial charge in [-0.05, 0) is 46.2 Å². The molecule has 16 heavy (non-hydrogen) atoms. The fourth-order valence-electron chi connectivity index (χ4n) is 2.91. The van der Waals surface area contributed by atoms with E-state index >= 15 is 0 Å². The van der Waals surface area contributed by atoms with Gasteiger partial charge in [-0.1, -0.05) is 26.7 Å². The molecule has 2 unspecified atom stereocenters. The molecule has 2 nitrogen and oxygen atoms in total. The van der Waals surface area contributed by atoms with Crippen molar-refractivity contribution >= 4 is 0 Å². The Bertz CT molecular complexity index is 176. The first-order valence-corrected chi connectivity index (χ1v) is 7.16. The van der Waals surface area contributed by atoms with Gasteiger partial charge in [0.1, 0.15) is 0 Å². The van der Waals surface area contributed by atoms with Crippen molar-refractivity contribution in [3.8, 4) is 0 Å². The van der Waals surface area contributed by atoms with Crippen molar-refractivity contribution in [1.29, 1.82) is 0 Å². The van der Waals surface area contributed by atoms with Gasteiger partial charge in [-0.2, -0.15) is 0 Å². The van der Waals surface area contributed by atoms with Crippen molar-refractivity contribution < 1.29 is 0 Å². The number of nitrogens with zero attached hydrogens (tertiary/aromatic N) is 1. The van der Waals surface area contributed by atoms with Gasteiger partial charge in [-0.3, -0.25) is 4.90 Å². The van der Waals surface area contributed by atoms with Gasteiger partial charge in [0, 0.05) is 18.1 Å². The summed E-state index contributed by atoms with van der Waals surface area (Å²) in [6.45, 7) is 8.08. The molecule has 1 fully saturated rings. The molecule has 0 spiro atoms. The van der Waals surface area contributed by atoms with Gasteiger partial charge in [0.2, 0.25) is 0 Å². The molecule has 0 radical (unpaired) electrons. The number of nitrogens with one attached hydrogen (secondary N) is 1. The molecule has 0 amide bonds. The highest BCUT2D eigenvalue weighted by molar-refractivity contribution is 4.84. The van der Waals surface area contributed by atoms with Crippen LogP contribution in [0.4, 0.5) is 0 Å². The molecule has 96 valence electrons. The molecule has 2 heteroatoms. The predicted octanol–water partition coefficient (Wildman–Crippen LogP) is 3.03. The summed E-state index contributed by atoms with van der Waals surface area (Å²) in [4.78, 5) is 2.61. The minimum atomic E-state index is 0.658. The Morgan fingerprint density at radius 3 is 2.38 bits per heavy atom. The van der Waals surface area contributed by atoms with E-state index in [2.05, 4.69) is 38.0 Å². The van der Waals surface area contributed by atoms with Crippen LogP contribution in [0.3, 0.4) is 0 Å². The van der Waals surface area contributed by atoms with Crippen molar-refractivity contribution in [1.82, 2.24) is 10.2 Å². The molecule has 0 aliphatic heterocycles. The highest BCUT2D eigenvalue weighted by Gasteiger charge is 2.26. The molecular weight excluding hydrogens is 196 g/mol. The summed E-state index contributed by atoms with van der Waals surface area (Å²) in [6.07, 6.45) is 8.15. The largest absolute Gasteiger partial charge is 0.312 e. The Morgan fingerprint density at radius 2 is 1.88 bits per heavy atom. The third kappa shape index (κ3) is 3.74. The van der Waals surface area contributed by atoms with Crippen LogP contribution >= 0.6 is 0 Å². The lowest BCUT2D eigenvalue weighted by atomic mass is 10.0. The summed E-state index contributed by atoms with van der Waals surface area (Å²) in [5.74, 6) is 0. The van der Waals surface area contributed by atoms with Crippen LogP contribution in [0, 0.1) is 0 Å². The summed E-state index contributed by atoms with van der Waals surface area (Å²) in [5.41, 5.74) is 0. The maximum absolute atomic E-state index is 3.68. The van der Waals surface area contributed by atoms with Crippen molar-refractivity contribution in [2.24, 2.45) is 0 Å². The van der Waals surface area contributed by atoms with Gasteiger partial charge < -0.3 is 5.32 Å². The molecular formula is C14H30N2. The van der Waals surface area contributed by atoms with Crippen LogP contribution in [0.25, 0.3) is 0 Å². The second kappa shape index (κ2) is 7.29. The Labute approximate surface area is 102 Å². The molecule has 0 aromatic carbocycles. The van der Waals surface area contributed by atoms with Crippen LogP contribution in [-0.2, 0) is 0 Å². The standard InChI is InChI=1S/C14H30N2/c1-5-11-15-14(6-2)12(3)16(4)13-9-7-8-10-13/h12-15H,5-11H2,1-4H3. The normalized spacial score (nSPS) is 21.6. The zero-order valence-corrected chi connectivity index (χ0v) is 11.6. The Hall–Kier alpha value is -0.0800. The molecule has 0 aromatic heterocycles. The molecule has 1 aliphatic rings. The zero-order chi connectivity index (χ0) is 12.0. The summed E-state index contributed by atoms with van der Waals surface area (Å²) >= 11 is 0. The second-order valence-electron chi connectivity index (χ2n) is 5.31. The molecule has 1 N–H and O–H groups in total. The number of rotatable bonds is 7. The minimum Gasteiger partial charge on any atom is -0.312 e. The van der Waals surface area contributed by atoms with E-state index in [0.717, 1.165) is 12.6 Å². The summed E-state index contributed by atoms with van der Waals surface area (Å²) in [5, 5.41) is 3.68. The van der Waals surface area contributed by atoms with Gasteiger partial charge >= 0.3 is 0 Å². The van der Waals surface area contributed by atoms with Crippen LogP contribution < -0.4 is 5.32 Å². The lowest BCUT2D eigenvalue weighted by Gasteiger charge is -2.36. The summed E-state index contributed by atoms with van der Waals surface area (Å²) < 4.78 is 0. The van der Waals surface area contributed by atoms with Gasteiger partial charge in [0.05, 0.1) is 0 Å². The highest BCUT2D eigenvalue weighted by Crippen LogP contribution is 2.24. The Balaban J connectivity index is 2.41. The second-order valence-corrected chi connectivity index (χ2v) is 5.31. The smallest absolute Gasteiger partial charge is 0.0220 e. The van der Waals surface area contributed by atoms with E-state index in [1.54, 1.807) is 0 Å².